The average Bonchev–Trinajstić information content (AvgIpc) is 2.95. The topological polar surface area (TPSA) is 93.5 Å². The molecule has 0 bridgehead atoms. The van der Waals surface area contributed by atoms with Crippen LogP contribution in [-0.2, 0) is 17.1 Å². The zero-order valence-corrected chi connectivity index (χ0v) is 17.5. The lowest BCUT2D eigenvalue weighted by molar-refractivity contribution is 0.209. The Bertz CT molecular complexity index is 1130. The van der Waals surface area contributed by atoms with Gasteiger partial charge in [0, 0.05) is 25.5 Å². The van der Waals surface area contributed by atoms with Gasteiger partial charge >= 0.3 is 6.09 Å². The average molecular weight is 435 g/mol. The monoisotopic (exact) mass is 434 g/mol. The fraction of sp³-hybridized carbons (Fsp3) is 0.158. The number of carbonyl (C=O) groups excluding carboxylic acids is 1. The third-order valence-electron chi connectivity index (χ3n) is 4.10. The maximum atomic E-state index is 12.6. The predicted octanol–water partition coefficient (Wildman–Crippen LogP) is 3.82. The summed E-state index contributed by atoms with van der Waals surface area (Å²) in [5.41, 5.74) is 1.27. The Kier molecular flexibility index (Phi) is 5.81. The van der Waals surface area contributed by atoms with Gasteiger partial charge in [0.05, 0.1) is 5.69 Å². The molecule has 29 heavy (non-hydrogen) atoms. The quantitative estimate of drug-likeness (QED) is 0.658. The molecule has 0 aliphatic carbocycles. The number of carbonyl (C=O) groups is 1. The predicted molar refractivity (Wildman–Crippen MR) is 111 cm³/mol. The van der Waals surface area contributed by atoms with Gasteiger partial charge in [0.25, 0.3) is 10.0 Å². The Labute approximate surface area is 173 Å². The molecule has 0 fully saturated rings. The first-order valence-corrected chi connectivity index (χ1v) is 10.4. The minimum atomic E-state index is -3.92. The molecule has 1 heterocycles. The number of halogens is 1. The highest BCUT2D eigenvalue weighted by molar-refractivity contribution is 7.92. The molecule has 1 aromatic heterocycles. The second kappa shape index (κ2) is 8.14. The molecular weight excluding hydrogens is 416 g/mol. The summed E-state index contributed by atoms with van der Waals surface area (Å²) in [5, 5.41) is 4.03. The molecule has 10 heteroatoms. The summed E-state index contributed by atoms with van der Waals surface area (Å²) < 4.78 is 34.3. The van der Waals surface area contributed by atoms with E-state index in [0.717, 1.165) is 0 Å². The lowest BCUT2D eigenvalue weighted by Crippen LogP contribution is -2.29. The van der Waals surface area contributed by atoms with Gasteiger partial charge in [-0.2, -0.15) is 5.10 Å². The van der Waals surface area contributed by atoms with Crippen LogP contribution in [0.5, 0.6) is 5.75 Å². The van der Waals surface area contributed by atoms with Gasteiger partial charge < -0.3 is 4.74 Å². The van der Waals surface area contributed by atoms with Crippen LogP contribution in [0.15, 0.2) is 59.5 Å². The minimum absolute atomic E-state index is 0.0181. The molecule has 0 radical (unpaired) electrons. The first-order chi connectivity index (χ1) is 13.7. The lowest BCUT2D eigenvalue weighted by Gasteiger charge is -2.17. The fourth-order valence-electron chi connectivity index (χ4n) is 2.64. The van der Waals surface area contributed by atoms with Crippen molar-refractivity contribution < 1.29 is 17.9 Å². The van der Waals surface area contributed by atoms with Crippen LogP contribution in [0.3, 0.4) is 0 Å². The zero-order valence-electron chi connectivity index (χ0n) is 16.0. The van der Waals surface area contributed by atoms with Crippen LogP contribution in [0.4, 0.5) is 16.2 Å². The number of anilines is 2. The molecule has 8 nitrogen and oxygen atoms in total. The number of hydrogen-bond donors (Lipinski definition) is 1. The molecular formula is C19H19ClN4O4S. The number of amides is 1. The van der Waals surface area contributed by atoms with Crippen LogP contribution in [0, 0.1) is 6.92 Å². The smallest absolute Gasteiger partial charge is 0.410 e. The maximum absolute atomic E-state index is 12.6. The van der Waals surface area contributed by atoms with Gasteiger partial charge in [0.2, 0.25) is 0 Å². The number of nitrogens with zero attached hydrogens (tertiary/aromatic N) is 3. The standard InChI is InChI=1S/C19H19ClN4O4S/c1-13-17(18(20)24(3)21-13)29(26,27)22-14-9-11-16(12-10-14)28-19(25)23(2)15-7-5-4-6-8-15/h4-12,22H,1-3H3. The first kappa shape index (κ1) is 20.7. The number of rotatable bonds is 5. The second-order valence-corrected chi connectivity index (χ2v) is 8.20. The highest BCUT2D eigenvalue weighted by atomic mass is 35.5. The van der Waals surface area contributed by atoms with E-state index in [9.17, 15) is 13.2 Å². The Morgan fingerprint density at radius 3 is 2.31 bits per heavy atom. The number of hydrogen-bond acceptors (Lipinski definition) is 5. The first-order valence-electron chi connectivity index (χ1n) is 8.51. The van der Waals surface area contributed by atoms with Gasteiger partial charge in [0.15, 0.2) is 0 Å². The summed E-state index contributed by atoms with van der Waals surface area (Å²) in [5.74, 6) is 0.274. The van der Waals surface area contributed by atoms with Gasteiger partial charge in [0.1, 0.15) is 15.8 Å². The normalized spacial score (nSPS) is 11.2. The Balaban J connectivity index is 1.71. The Morgan fingerprint density at radius 1 is 1.14 bits per heavy atom. The van der Waals surface area contributed by atoms with Crippen molar-refractivity contribution in [3.8, 4) is 5.75 Å². The summed E-state index contributed by atoms with van der Waals surface area (Å²) in [6.07, 6.45) is -0.567. The van der Waals surface area contributed by atoms with E-state index < -0.39 is 16.1 Å². The van der Waals surface area contributed by atoms with Crippen molar-refractivity contribution in [2.75, 3.05) is 16.7 Å². The zero-order chi connectivity index (χ0) is 21.2. The van der Waals surface area contributed by atoms with Crippen molar-refractivity contribution in [1.82, 2.24) is 9.78 Å². The van der Waals surface area contributed by atoms with Gasteiger partial charge in [-0.3, -0.25) is 14.3 Å². The molecule has 0 aliphatic heterocycles. The number of ether oxygens (including phenoxy) is 1. The fourth-order valence-corrected chi connectivity index (χ4v) is 4.45. The summed E-state index contributed by atoms with van der Waals surface area (Å²) in [4.78, 5) is 13.5. The molecule has 0 atom stereocenters. The largest absolute Gasteiger partial charge is 0.419 e. The van der Waals surface area contributed by atoms with Crippen LogP contribution in [-0.4, -0.2) is 31.3 Å². The molecule has 152 valence electrons. The van der Waals surface area contributed by atoms with Gasteiger partial charge in [-0.05, 0) is 43.3 Å². The molecule has 0 unspecified atom stereocenters. The number of aromatic nitrogens is 2. The van der Waals surface area contributed by atoms with Crippen LogP contribution in [0.25, 0.3) is 0 Å². The molecule has 2 aromatic carbocycles. The third-order valence-corrected chi connectivity index (χ3v) is 6.17. The van der Waals surface area contributed by atoms with Crippen molar-refractivity contribution in [3.05, 3.63) is 65.4 Å². The summed E-state index contributed by atoms with van der Waals surface area (Å²) in [6, 6.07) is 15.0. The highest BCUT2D eigenvalue weighted by Crippen LogP contribution is 2.27. The molecule has 1 amide bonds. The van der Waals surface area contributed by atoms with Crippen LogP contribution in [0.1, 0.15) is 5.69 Å². The number of benzene rings is 2. The molecule has 3 aromatic rings. The molecule has 3 rings (SSSR count). The van der Waals surface area contributed by atoms with E-state index in [1.54, 1.807) is 33.2 Å². The van der Waals surface area contributed by atoms with Crippen LogP contribution < -0.4 is 14.4 Å². The summed E-state index contributed by atoms with van der Waals surface area (Å²) in [6.45, 7) is 1.56. The third kappa shape index (κ3) is 4.52. The van der Waals surface area contributed by atoms with E-state index >= 15 is 0 Å². The van der Waals surface area contributed by atoms with Crippen molar-refractivity contribution in [2.45, 2.75) is 11.8 Å². The SMILES string of the molecule is Cc1nn(C)c(Cl)c1S(=O)(=O)Nc1ccc(OC(=O)N(C)c2ccccc2)cc1. The highest BCUT2D eigenvalue weighted by Gasteiger charge is 2.25. The van der Waals surface area contributed by atoms with Gasteiger partial charge in [-0.15, -0.1) is 0 Å². The lowest BCUT2D eigenvalue weighted by atomic mass is 10.3. The number of nitrogens with one attached hydrogen (secondary N) is 1. The van der Waals surface area contributed by atoms with Gasteiger partial charge in [-0.25, -0.2) is 13.2 Å². The van der Waals surface area contributed by atoms with E-state index in [-0.39, 0.29) is 15.8 Å². The molecule has 0 saturated carbocycles. The Hall–Kier alpha value is -3.04. The van der Waals surface area contributed by atoms with Crippen molar-refractivity contribution >= 4 is 39.1 Å². The van der Waals surface area contributed by atoms with Crippen molar-refractivity contribution in [1.29, 1.82) is 0 Å². The molecule has 1 N–H and O–H groups in total. The number of aryl methyl sites for hydroxylation is 2. The maximum Gasteiger partial charge on any atom is 0.419 e. The van der Waals surface area contributed by atoms with E-state index in [1.807, 2.05) is 18.2 Å². The summed E-state index contributed by atoms with van der Waals surface area (Å²) >= 11 is 6.05. The van der Waals surface area contributed by atoms with E-state index in [0.29, 0.717) is 17.1 Å². The van der Waals surface area contributed by atoms with Crippen molar-refractivity contribution in [2.24, 2.45) is 7.05 Å². The Morgan fingerprint density at radius 2 is 1.76 bits per heavy atom. The second-order valence-electron chi connectivity index (χ2n) is 6.22. The van der Waals surface area contributed by atoms with Crippen LogP contribution >= 0.6 is 11.6 Å². The van der Waals surface area contributed by atoms with Crippen molar-refractivity contribution in [3.63, 3.8) is 0 Å². The van der Waals surface area contributed by atoms with Crippen LogP contribution in [0.2, 0.25) is 5.15 Å². The summed E-state index contributed by atoms with van der Waals surface area (Å²) in [7, 11) is -0.764. The number of para-hydroxylation sites is 1. The van der Waals surface area contributed by atoms with Gasteiger partial charge in [-0.1, -0.05) is 29.8 Å². The minimum Gasteiger partial charge on any atom is -0.410 e. The molecule has 0 spiro atoms. The van der Waals surface area contributed by atoms with E-state index in [4.69, 9.17) is 16.3 Å². The van der Waals surface area contributed by atoms with E-state index in [2.05, 4.69) is 9.82 Å². The molecule has 0 saturated heterocycles. The molecule has 0 aliphatic rings. The number of sulfonamides is 1. The van der Waals surface area contributed by atoms with E-state index in [1.165, 1.54) is 33.8 Å².